The summed E-state index contributed by atoms with van der Waals surface area (Å²) in [5.74, 6) is 0.107. The van der Waals surface area contributed by atoms with Gasteiger partial charge in [-0.15, -0.1) is 0 Å². The van der Waals surface area contributed by atoms with Gasteiger partial charge >= 0.3 is 0 Å². The maximum absolute atomic E-state index is 12.8. The van der Waals surface area contributed by atoms with Gasteiger partial charge < -0.3 is 9.47 Å². The zero-order valence-electron chi connectivity index (χ0n) is 14.2. The van der Waals surface area contributed by atoms with Crippen LogP contribution in [-0.4, -0.2) is 22.4 Å². The molecule has 1 heterocycles. The zero-order valence-corrected chi connectivity index (χ0v) is 14.2. The Morgan fingerprint density at radius 1 is 0.800 bits per heavy atom. The molecule has 0 aliphatic heterocycles. The minimum absolute atomic E-state index is 0.107. The van der Waals surface area contributed by atoms with Crippen LogP contribution in [0.1, 0.15) is 5.56 Å². The Kier molecular flexibility index (Phi) is 3.98. The van der Waals surface area contributed by atoms with E-state index in [0.29, 0.717) is 13.1 Å². The standard InChI is InChI=1S/C22H20N2O/c1-23(15-17-9-3-2-4-10-17)22(25)16-24-20-13-7-5-11-18(20)19-12-6-8-14-21(19)24/h2-14H,15-16H2,1H3. The largest absolute Gasteiger partial charge is 0.340 e. The summed E-state index contributed by atoms with van der Waals surface area (Å²) in [6.07, 6.45) is 0. The van der Waals surface area contributed by atoms with Gasteiger partial charge in [0.2, 0.25) is 5.91 Å². The highest BCUT2D eigenvalue weighted by atomic mass is 16.2. The Morgan fingerprint density at radius 2 is 1.32 bits per heavy atom. The minimum Gasteiger partial charge on any atom is -0.340 e. The van der Waals surface area contributed by atoms with E-state index >= 15 is 0 Å². The summed E-state index contributed by atoms with van der Waals surface area (Å²) in [6, 6.07) is 26.6. The topological polar surface area (TPSA) is 25.2 Å². The van der Waals surface area contributed by atoms with Gasteiger partial charge in [-0.25, -0.2) is 0 Å². The number of amides is 1. The van der Waals surface area contributed by atoms with Gasteiger partial charge in [-0.05, 0) is 17.7 Å². The molecule has 0 saturated heterocycles. The lowest BCUT2D eigenvalue weighted by Gasteiger charge is -2.18. The van der Waals surface area contributed by atoms with Crippen LogP contribution in [0.3, 0.4) is 0 Å². The molecule has 1 aromatic heterocycles. The predicted octanol–water partition coefficient (Wildman–Crippen LogP) is 4.45. The van der Waals surface area contributed by atoms with Crippen LogP contribution in [0.2, 0.25) is 0 Å². The Morgan fingerprint density at radius 3 is 1.92 bits per heavy atom. The van der Waals surface area contributed by atoms with Crippen molar-refractivity contribution in [2.45, 2.75) is 13.1 Å². The third kappa shape index (κ3) is 2.89. The molecule has 3 heteroatoms. The molecule has 0 N–H and O–H groups in total. The van der Waals surface area contributed by atoms with Crippen molar-refractivity contribution in [1.29, 1.82) is 0 Å². The predicted molar refractivity (Wildman–Crippen MR) is 102 cm³/mol. The molecule has 0 radical (unpaired) electrons. The number of rotatable bonds is 4. The first-order valence-electron chi connectivity index (χ1n) is 8.48. The first kappa shape index (κ1) is 15.5. The van der Waals surface area contributed by atoms with Crippen molar-refractivity contribution in [2.75, 3.05) is 7.05 Å². The maximum atomic E-state index is 12.8. The van der Waals surface area contributed by atoms with Crippen LogP contribution in [0.5, 0.6) is 0 Å². The first-order chi connectivity index (χ1) is 12.2. The van der Waals surface area contributed by atoms with Crippen LogP contribution >= 0.6 is 0 Å². The number of benzene rings is 3. The van der Waals surface area contributed by atoms with E-state index in [1.165, 1.54) is 10.8 Å². The van der Waals surface area contributed by atoms with Gasteiger partial charge in [0.05, 0.1) is 0 Å². The van der Waals surface area contributed by atoms with E-state index in [1.807, 2.05) is 61.6 Å². The molecule has 3 aromatic carbocycles. The van der Waals surface area contributed by atoms with Crippen LogP contribution in [0.25, 0.3) is 21.8 Å². The second-order valence-electron chi connectivity index (χ2n) is 6.36. The van der Waals surface area contributed by atoms with Crippen LogP contribution in [-0.2, 0) is 17.9 Å². The van der Waals surface area contributed by atoms with Crippen molar-refractivity contribution in [3.8, 4) is 0 Å². The average Bonchev–Trinajstić information content (AvgIpc) is 2.97. The molecule has 0 bridgehead atoms. The fraction of sp³-hybridized carbons (Fsp3) is 0.136. The van der Waals surface area contributed by atoms with Gasteiger partial charge in [0.15, 0.2) is 0 Å². The van der Waals surface area contributed by atoms with E-state index in [9.17, 15) is 4.79 Å². The fourth-order valence-corrected chi connectivity index (χ4v) is 3.38. The number of hydrogen-bond donors (Lipinski definition) is 0. The number of likely N-dealkylation sites (N-methyl/N-ethyl adjacent to an activating group) is 1. The summed E-state index contributed by atoms with van der Waals surface area (Å²) < 4.78 is 2.12. The van der Waals surface area contributed by atoms with Crippen LogP contribution in [0, 0.1) is 0 Å². The van der Waals surface area contributed by atoms with Crippen molar-refractivity contribution < 1.29 is 4.79 Å². The second kappa shape index (κ2) is 6.44. The molecule has 0 aliphatic carbocycles. The number of para-hydroxylation sites is 2. The van der Waals surface area contributed by atoms with E-state index < -0.39 is 0 Å². The van der Waals surface area contributed by atoms with Crippen LogP contribution in [0.4, 0.5) is 0 Å². The molecule has 4 rings (SSSR count). The van der Waals surface area contributed by atoms with Crippen LogP contribution < -0.4 is 0 Å². The molecule has 3 nitrogen and oxygen atoms in total. The van der Waals surface area contributed by atoms with Gasteiger partial charge in [-0.1, -0.05) is 66.7 Å². The smallest absolute Gasteiger partial charge is 0.242 e. The number of aromatic nitrogens is 1. The first-order valence-corrected chi connectivity index (χ1v) is 8.48. The highest BCUT2D eigenvalue weighted by Gasteiger charge is 2.15. The summed E-state index contributed by atoms with van der Waals surface area (Å²) in [4.78, 5) is 14.6. The summed E-state index contributed by atoms with van der Waals surface area (Å²) in [5, 5.41) is 2.38. The van der Waals surface area contributed by atoms with Crippen molar-refractivity contribution in [3.63, 3.8) is 0 Å². The SMILES string of the molecule is CN(Cc1ccccc1)C(=O)Cn1c2ccccc2c2ccccc21. The molecule has 124 valence electrons. The number of hydrogen-bond acceptors (Lipinski definition) is 1. The second-order valence-corrected chi connectivity index (χ2v) is 6.36. The van der Waals surface area contributed by atoms with E-state index in [2.05, 4.69) is 28.8 Å². The van der Waals surface area contributed by atoms with Crippen molar-refractivity contribution in [3.05, 3.63) is 84.4 Å². The Labute approximate surface area is 147 Å². The monoisotopic (exact) mass is 328 g/mol. The number of nitrogens with zero attached hydrogens (tertiary/aromatic N) is 2. The average molecular weight is 328 g/mol. The molecule has 25 heavy (non-hydrogen) atoms. The Bertz CT molecular complexity index is 980. The van der Waals surface area contributed by atoms with E-state index in [1.54, 1.807) is 4.90 Å². The van der Waals surface area contributed by atoms with E-state index in [4.69, 9.17) is 0 Å². The molecule has 0 aliphatic rings. The lowest BCUT2D eigenvalue weighted by molar-refractivity contribution is -0.130. The molecule has 0 spiro atoms. The molecule has 0 saturated carbocycles. The summed E-state index contributed by atoms with van der Waals surface area (Å²) in [5.41, 5.74) is 3.34. The highest BCUT2D eigenvalue weighted by Crippen LogP contribution is 2.28. The summed E-state index contributed by atoms with van der Waals surface area (Å²) >= 11 is 0. The molecule has 4 aromatic rings. The third-order valence-corrected chi connectivity index (χ3v) is 4.66. The van der Waals surface area contributed by atoms with Crippen LogP contribution in [0.15, 0.2) is 78.9 Å². The summed E-state index contributed by atoms with van der Waals surface area (Å²) in [6.45, 7) is 0.966. The number of carbonyl (C=O) groups is 1. The molecular weight excluding hydrogens is 308 g/mol. The van der Waals surface area contributed by atoms with Gasteiger partial charge in [-0.3, -0.25) is 4.79 Å². The molecule has 0 fully saturated rings. The van der Waals surface area contributed by atoms with E-state index in [-0.39, 0.29) is 5.91 Å². The van der Waals surface area contributed by atoms with Gasteiger partial charge in [0.25, 0.3) is 0 Å². The Hall–Kier alpha value is -3.07. The molecule has 0 atom stereocenters. The van der Waals surface area contributed by atoms with Gasteiger partial charge in [0.1, 0.15) is 6.54 Å². The number of carbonyl (C=O) groups excluding carboxylic acids is 1. The zero-order chi connectivity index (χ0) is 17.2. The number of fused-ring (bicyclic) bond motifs is 3. The van der Waals surface area contributed by atoms with E-state index in [0.717, 1.165) is 16.6 Å². The maximum Gasteiger partial charge on any atom is 0.242 e. The Balaban J connectivity index is 1.66. The van der Waals surface area contributed by atoms with Crippen molar-refractivity contribution in [2.24, 2.45) is 0 Å². The third-order valence-electron chi connectivity index (χ3n) is 4.66. The van der Waals surface area contributed by atoms with Crippen molar-refractivity contribution in [1.82, 2.24) is 9.47 Å². The molecule has 0 unspecified atom stereocenters. The van der Waals surface area contributed by atoms with Crippen molar-refractivity contribution >= 4 is 27.7 Å². The highest BCUT2D eigenvalue weighted by molar-refractivity contribution is 6.08. The molecule has 1 amide bonds. The normalized spacial score (nSPS) is 11.1. The quantitative estimate of drug-likeness (QED) is 0.543. The lowest BCUT2D eigenvalue weighted by Crippen LogP contribution is -2.29. The van der Waals surface area contributed by atoms with Gasteiger partial charge in [-0.2, -0.15) is 0 Å². The van der Waals surface area contributed by atoms with Gasteiger partial charge in [0, 0.05) is 35.4 Å². The minimum atomic E-state index is 0.107. The lowest BCUT2D eigenvalue weighted by atomic mass is 10.2. The molecular formula is C22H20N2O. The fourth-order valence-electron chi connectivity index (χ4n) is 3.38. The summed E-state index contributed by atoms with van der Waals surface area (Å²) in [7, 11) is 1.86.